The van der Waals surface area contributed by atoms with Crippen LogP contribution in [0.1, 0.15) is 33.3 Å². The lowest BCUT2D eigenvalue weighted by molar-refractivity contribution is -0.119. The van der Waals surface area contributed by atoms with Gasteiger partial charge in [0.1, 0.15) is 5.69 Å². The monoisotopic (exact) mass is 334 g/mol. The number of ether oxygens (including phenoxy) is 1. The molecule has 120 valence electrons. The van der Waals surface area contributed by atoms with Crippen LogP contribution in [-0.4, -0.2) is 29.3 Å². The van der Waals surface area contributed by atoms with Crippen molar-refractivity contribution < 1.29 is 19.1 Å². The van der Waals surface area contributed by atoms with Crippen LogP contribution in [0.5, 0.6) is 0 Å². The molecule has 0 aliphatic rings. The lowest BCUT2D eigenvalue weighted by Gasteiger charge is -2.09. The van der Waals surface area contributed by atoms with E-state index < -0.39 is 18.5 Å². The first-order valence-electron chi connectivity index (χ1n) is 6.80. The van der Waals surface area contributed by atoms with Crippen molar-refractivity contribution in [3.63, 3.8) is 0 Å². The van der Waals surface area contributed by atoms with Gasteiger partial charge < -0.3 is 15.0 Å². The van der Waals surface area contributed by atoms with Crippen LogP contribution in [0.4, 0.5) is 5.69 Å². The molecule has 0 fully saturated rings. The molecule has 0 atom stereocenters. The standard InChI is InChI=1S/C16H15ClN2O4/c1-9-12(17)4-3-5-13(9)19-15(21)8-23-16(22)14-6-11(7-18-14)10(2)20/h3-7,18H,8H2,1-2H3,(H,19,21). The van der Waals surface area contributed by atoms with E-state index in [1.807, 2.05) is 0 Å². The van der Waals surface area contributed by atoms with Gasteiger partial charge in [-0.05, 0) is 37.6 Å². The van der Waals surface area contributed by atoms with Gasteiger partial charge in [0.05, 0.1) is 0 Å². The van der Waals surface area contributed by atoms with Gasteiger partial charge in [0.25, 0.3) is 5.91 Å². The Morgan fingerprint density at radius 3 is 2.70 bits per heavy atom. The molecule has 0 radical (unpaired) electrons. The number of esters is 1. The Bertz CT molecular complexity index is 767. The molecule has 0 aliphatic carbocycles. The van der Waals surface area contributed by atoms with E-state index >= 15 is 0 Å². The molecule has 1 aromatic carbocycles. The highest BCUT2D eigenvalue weighted by Crippen LogP contribution is 2.22. The number of carbonyl (C=O) groups excluding carboxylic acids is 3. The zero-order valence-electron chi connectivity index (χ0n) is 12.6. The quantitative estimate of drug-likeness (QED) is 0.650. The maximum absolute atomic E-state index is 11.8. The summed E-state index contributed by atoms with van der Waals surface area (Å²) in [6, 6.07) is 6.50. The van der Waals surface area contributed by atoms with Crippen molar-refractivity contribution in [3.05, 3.63) is 52.3 Å². The minimum Gasteiger partial charge on any atom is -0.451 e. The third-order valence-corrected chi connectivity index (χ3v) is 3.60. The molecule has 2 N–H and O–H groups in total. The topological polar surface area (TPSA) is 88.3 Å². The second-order valence-corrected chi connectivity index (χ2v) is 5.30. The van der Waals surface area contributed by atoms with Gasteiger partial charge in [-0.25, -0.2) is 4.79 Å². The van der Waals surface area contributed by atoms with Crippen LogP contribution in [-0.2, 0) is 9.53 Å². The summed E-state index contributed by atoms with van der Waals surface area (Å²) in [5, 5.41) is 3.15. The summed E-state index contributed by atoms with van der Waals surface area (Å²) in [6.45, 7) is 2.71. The molecule has 2 aromatic rings. The van der Waals surface area contributed by atoms with Crippen LogP contribution in [0.15, 0.2) is 30.5 Å². The maximum atomic E-state index is 11.8. The molecule has 0 aliphatic heterocycles. The van der Waals surface area contributed by atoms with Gasteiger partial charge in [0.2, 0.25) is 0 Å². The van der Waals surface area contributed by atoms with E-state index in [4.69, 9.17) is 16.3 Å². The number of nitrogens with one attached hydrogen (secondary N) is 2. The molecule has 0 saturated heterocycles. The number of ketones is 1. The van der Waals surface area contributed by atoms with Crippen molar-refractivity contribution in [2.24, 2.45) is 0 Å². The van der Waals surface area contributed by atoms with Crippen LogP contribution < -0.4 is 5.32 Å². The molecular weight excluding hydrogens is 320 g/mol. The lowest BCUT2D eigenvalue weighted by atomic mass is 10.2. The van der Waals surface area contributed by atoms with Crippen LogP contribution in [0, 0.1) is 6.92 Å². The first kappa shape index (κ1) is 16.8. The van der Waals surface area contributed by atoms with Crippen molar-refractivity contribution >= 4 is 34.9 Å². The normalized spacial score (nSPS) is 10.2. The molecule has 7 heteroatoms. The number of benzene rings is 1. The SMILES string of the molecule is CC(=O)c1c[nH]c(C(=O)OCC(=O)Nc2cccc(Cl)c2C)c1. The minimum absolute atomic E-state index is 0.113. The van der Waals surface area contributed by atoms with Crippen LogP contribution in [0.3, 0.4) is 0 Å². The Balaban J connectivity index is 1.92. The summed E-state index contributed by atoms with van der Waals surface area (Å²) in [5.41, 5.74) is 1.76. The van der Waals surface area contributed by atoms with Gasteiger partial charge in [0, 0.05) is 22.5 Å². The fourth-order valence-electron chi connectivity index (χ4n) is 1.85. The second kappa shape index (κ2) is 7.11. The fourth-order valence-corrected chi connectivity index (χ4v) is 2.03. The molecule has 2 rings (SSSR count). The van der Waals surface area contributed by atoms with E-state index in [0.29, 0.717) is 16.3 Å². The first-order valence-corrected chi connectivity index (χ1v) is 7.17. The van der Waals surface area contributed by atoms with Gasteiger partial charge in [0.15, 0.2) is 12.4 Å². The molecule has 0 saturated carbocycles. The molecule has 0 bridgehead atoms. The number of halogens is 1. The van der Waals surface area contributed by atoms with Crippen molar-refractivity contribution in [3.8, 4) is 0 Å². The molecule has 1 amide bonds. The van der Waals surface area contributed by atoms with E-state index in [1.54, 1.807) is 25.1 Å². The number of aromatic amines is 1. The number of anilines is 1. The zero-order valence-corrected chi connectivity index (χ0v) is 13.4. The Hall–Kier alpha value is -2.60. The first-order chi connectivity index (χ1) is 10.9. The number of amides is 1. The molecule has 1 heterocycles. The summed E-state index contributed by atoms with van der Waals surface area (Å²) >= 11 is 5.96. The molecule has 0 unspecified atom stereocenters. The number of H-pyrrole nitrogens is 1. The minimum atomic E-state index is -0.713. The Kier molecular flexibility index (Phi) is 5.18. The average Bonchev–Trinajstić information content (AvgIpc) is 3.00. The summed E-state index contributed by atoms with van der Waals surface area (Å²) in [6.07, 6.45) is 1.41. The Labute approximate surface area is 137 Å². The lowest BCUT2D eigenvalue weighted by Crippen LogP contribution is -2.21. The van der Waals surface area contributed by atoms with Crippen molar-refractivity contribution in [1.82, 2.24) is 4.98 Å². The highest BCUT2D eigenvalue weighted by Gasteiger charge is 2.14. The number of aromatic nitrogens is 1. The largest absolute Gasteiger partial charge is 0.451 e. The second-order valence-electron chi connectivity index (χ2n) is 4.89. The Morgan fingerprint density at radius 1 is 1.30 bits per heavy atom. The van der Waals surface area contributed by atoms with E-state index in [2.05, 4.69) is 10.3 Å². The van der Waals surface area contributed by atoms with Gasteiger partial charge in [-0.3, -0.25) is 9.59 Å². The number of carbonyl (C=O) groups is 3. The fraction of sp³-hybridized carbons (Fsp3) is 0.188. The number of hydrogen-bond acceptors (Lipinski definition) is 4. The van der Waals surface area contributed by atoms with E-state index in [9.17, 15) is 14.4 Å². The zero-order chi connectivity index (χ0) is 17.0. The number of hydrogen-bond donors (Lipinski definition) is 2. The summed E-state index contributed by atoms with van der Waals surface area (Å²) < 4.78 is 4.90. The summed E-state index contributed by atoms with van der Waals surface area (Å²) in [4.78, 5) is 37.4. The molecular formula is C16H15ClN2O4. The predicted octanol–water partition coefficient (Wildman–Crippen LogP) is 2.97. The smallest absolute Gasteiger partial charge is 0.355 e. The van der Waals surface area contributed by atoms with Gasteiger partial charge in [-0.15, -0.1) is 0 Å². The van der Waals surface area contributed by atoms with E-state index in [-0.39, 0.29) is 11.5 Å². The third-order valence-electron chi connectivity index (χ3n) is 3.19. The van der Waals surface area contributed by atoms with Crippen LogP contribution in [0.25, 0.3) is 0 Å². The Morgan fingerprint density at radius 2 is 2.04 bits per heavy atom. The number of Topliss-reactive ketones (excluding diaryl/α,β-unsaturated/α-hetero) is 1. The third kappa shape index (κ3) is 4.20. The average molecular weight is 335 g/mol. The van der Waals surface area contributed by atoms with Crippen LogP contribution in [0.2, 0.25) is 5.02 Å². The highest BCUT2D eigenvalue weighted by atomic mass is 35.5. The van der Waals surface area contributed by atoms with Crippen molar-refractivity contribution in [2.75, 3.05) is 11.9 Å². The van der Waals surface area contributed by atoms with Crippen molar-refractivity contribution in [2.45, 2.75) is 13.8 Å². The molecule has 6 nitrogen and oxygen atoms in total. The van der Waals surface area contributed by atoms with E-state index in [0.717, 1.165) is 5.56 Å². The predicted molar refractivity (Wildman–Crippen MR) is 85.9 cm³/mol. The van der Waals surface area contributed by atoms with E-state index in [1.165, 1.54) is 19.2 Å². The number of rotatable bonds is 5. The highest BCUT2D eigenvalue weighted by molar-refractivity contribution is 6.31. The molecule has 1 aromatic heterocycles. The molecule has 23 heavy (non-hydrogen) atoms. The maximum Gasteiger partial charge on any atom is 0.355 e. The summed E-state index contributed by atoms with van der Waals surface area (Å²) in [5.74, 6) is -1.37. The van der Waals surface area contributed by atoms with Crippen LogP contribution >= 0.6 is 11.6 Å². The van der Waals surface area contributed by atoms with Gasteiger partial charge in [-0.1, -0.05) is 17.7 Å². The summed E-state index contributed by atoms with van der Waals surface area (Å²) in [7, 11) is 0. The van der Waals surface area contributed by atoms with Gasteiger partial charge >= 0.3 is 5.97 Å². The van der Waals surface area contributed by atoms with Gasteiger partial charge in [-0.2, -0.15) is 0 Å². The van der Waals surface area contributed by atoms with Crippen molar-refractivity contribution in [1.29, 1.82) is 0 Å². The molecule has 0 spiro atoms.